The van der Waals surface area contributed by atoms with E-state index in [0.29, 0.717) is 0 Å². The van der Waals surface area contributed by atoms with E-state index in [4.69, 9.17) is 10.00 Å². The molecule has 0 aliphatic heterocycles. The first-order chi connectivity index (χ1) is 8.85. The van der Waals surface area contributed by atoms with E-state index in [1.807, 2.05) is 58.0 Å². The maximum atomic E-state index is 11.5. The first kappa shape index (κ1) is 15.0. The molecule has 0 saturated carbocycles. The largest absolute Gasteiger partial charge is 0.491 e. The van der Waals surface area contributed by atoms with Gasteiger partial charge in [0, 0.05) is 0 Å². The molecule has 0 saturated heterocycles. The van der Waals surface area contributed by atoms with Gasteiger partial charge >= 0.3 is 0 Å². The van der Waals surface area contributed by atoms with E-state index in [9.17, 15) is 4.79 Å². The average Bonchev–Trinajstić information content (AvgIpc) is 2.28. The summed E-state index contributed by atoms with van der Waals surface area (Å²) in [5, 5.41) is 11.3. The van der Waals surface area contributed by atoms with Crippen molar-refractivity contribution in [3.05, 3.63) is 29.8 Å². The maximum absolute atomic E-state index is 11.5. The lowest BCUT2D eigenvalue weighted by Crippen LogP contribution is -2.40. The molecular formula is C15H20N2O2. The van der Waals surface area contributed by atoms with Crippen molar-refractivity contribution in [2.75, 3.05) is 0 Å². The minimum Gasteiger partial charge on any atom is -0.491 e. The third-order valence-corrected chi connectivity index (χ3v) is 2.64. The number of amides is 1. The average molecular weight is 260 g/mol. The van der Waals surface area contributed by atoms with E-state index in [0.717, 1.165) is 11.3 Å². The highest BCUT2D eigenvalue weighted by atomic mass is 16.5. The van der Waals surface area contributed by atoms with Crippen molar-refractivity contribution in [2.24, 2.45) is 0 Å². The topological polar surface area (TPSA) is 62.1 Å². The molecule has 1 amide bonds. The molecule has 19 heavy (non-hydrogen) atoms. The molecule has 0 heterocycles. The Morgan fingerprint density at radius 2 is 1.95 bits per heavy atom. The fourth-order valence-electron chi connectivity index (χ4n) is 1.76. The van der Waals surface area contributed by atoms with Crippen LogP contribution in [-0.2, 0) is 10.3 Å². The second-order valence-electron chi connectivity index (χ2n) is 5.20. The molecule has 4 heteroatoms. The van der Waals surface area contributed by atoms with Crippen LogP contribution in [0.15, 0.2) is 24.3 Å². The van der Waals surface area contributed by atoms with E-state index in [1.165, 1.54) is 0 Å². The lowest BCUT2D eigenvalue weighted by molar-refractivity contribution is -0.121. The smallest absolute Gasteiger partial charge is 0.234 e. The molecule has 0 fully saturated rings. The van der Waals surface area contributed by atoms with Gasteiger partial charge in [-0.3, -0.25) is 4.79 Å². The van der Waals surface area contributed by atoms with Gasteiger partial charge in [0.25, 0.3) is 0 Å². The predicted octanol–water partition coefficient (Wildman–Crippen LogP) is 2.74. The summed E-state index contributed by atoms with van der Waals surface area (Å²) in [5.74, 6) is 0.535. The van der Waals surface area contributed by atoms with Crippen LogP contribution >= 0.6 is 0 Å². The molecule has 0 aliphatic carbocycles. The minimum atomic E-state index is -0.510. The second kappa shape index (κ2) is 6.24. The summed E-state index contributed by atoms with van der Waals surface area (Å²) in [6.45, 7) is 7.75. The van der Waals surface area contributed by atoms with Gasteiger partial charge in [-0.05, 0) is 45.4 Å². The number of carbonyl (C=O) groups excluding carboxylic acids is 1. The molecular weight excluding hydrogens is 240 g/mol. The van der Waals surface area contributed by atoms with Crippen LogP contribution in [0.3, 0.4) is 0 Å². The first-order valence-electron chi connectivity index (χ1n) is 6.30. The molecule has 1 rings (SSSR count). The molecule has 0 aliphatic rings. The Kier molecular flexibility index (Phi) is 4.94. The van der Waals surface area contributed by atoms with Gasteiger partial charge in [0.2, 0.25) is 5.91 Å². The van der Waals surface area contributed by atoms with Crippen LogP contribution in [0.25, 0.3) is 0 Å². The van der Waals surface area contributed by atoms with Crippen LogP contribution in [0.2, 0.25) is 0 Å². The highest BCUT2D eigenvalue weighted by molar-refractivity contribution is 5.78. The number of hydrogen-bond donors (Lipinski definition) is 1. The Bertz CT molecular complexity index is 470. The number of benzene rings is 1. The van der Waals surface area contributed by atoms with Gasteiger partial charge < -0.3 is 10.1 Å². The third kappa shape index (κ3) is 4.63. The van der Waals surface area contributed by atoms with E-state index in [-0.39, 0.29) is 18.4 Å². The van der Waals surface area contributed by atoms with Crippen LogP contribution in [-0.4, -0.2) is 12.0 Å². The molecule has 1 aromatic carbocycles. The normalized spacial score (nSPS) is 10.9. The standard InChI is InChI=1S/C15H20N2O2/c1-11(2)19-13-7-5-12(6-8-13)15(3,4)17-14(18)9-10-16/h5-8,11H,9H2,1-4H3,(H,17,18). The number of nitrogens with one attached hydrogen (secondary N) is 1. The number of rotatable bonds is 5. The van der Waals surface area contributed by atoms with Crippen molar-refractivity contribution in [1.82, 2.24) is 5.32 Å². The zero-order chi connectivity index (χ0) is 14.5. The van der Waals surface area contributed by atoms with Gasteiger partial charge in [-0.1, -0.05) is 12.1 Å². The minimum absolute atomic E-state index is 0.127. The fourth-order valence-corrected chi connectivity index (χ4v) is 1.76. The molecule has 102 valence electrons. The zero-order valence-corrected chi connectivity index (χ0v) is 11.9. The van der Waals surface area contributed by atoms with Crippen molar-refractivity contribution in [3.63, 3.8) is 0 Å². The second-order valence-corrected chi connectivity index (χ2v) is 5.20. The molecule has 1 aromatic rings. The van der Waals surface area contributed by atoms with E-state index in [1.54, 1.807) is 0 Å². The van der Waals surface area contributed by atoms with E-state index >= 15 is 0 Å². The summed E-state index contributed by atoms with van der Waals surface area (Å²) in [7, 11) is 0. The van der Waals surface area contributed by atoms with Crippen molar-refractivity contribution in [2.45, 2.75) is 45.8 Å². The molecule has 0 unspecified atom stereocenters. The van der Waals surface area contributed by atoms with Gasteiger partial charge in [-0.2, -0.15) is 5.26 Å². The van der Waals surface area contributed by atoms with Crippen molar-refractivity contribution in [3.8, 4) is 11.8 Å². The maximum Gasteiger partial charge on any atom is 0.234 e. The van der Waals surface area contributed by atoms with Gasteiger partial charge in [-0.15, -0.1) is 0 Å². The van der Waals surface area contributed by atoms with Gasteiger partial charge in [0.05, 0.1) is 17.7 Å². The fraction of sp³-hybridized carbons (Fsp3) is 0.467. The van der Waals surface area contributed by atoms with Crippen LogP contribution in [0.1, 0.15) is 39.7 Å². The van der Waals surface area contributed by atoms with Crippen LogP contribution < -0.4 is 10.1 Å². The molecule has 0 radical (unpaired) electrons. The van der Waals surface area contributed by atoms with Crippen molar-refractivity contribution >= 4 is 5.91 Å². The summed E-state index contributed by atoms with van der Waals surface area (Å²) in [4.78, 5) is 11.5. The number of nitrogens with zero attached hydrogens (tertiary/aromatic N) is 1. The summed E-state index contributed by atoms with van der Waals surface area (Å²) in [5.41, 5.74) is 0.458. The Hall–Kier alpha value is -2.02. The summed E-state index contributed by atoms with van der Waals surface area (Å²) >= 11 is 0. The summed E-state index contributed by atoms with van der Waals surface area (Å²) < 4.78 is 5.57. The van der Waals surface area contributed by atoms with Gasteiger partial charge in [0.15, 0.2) is 0 Å². The van der Waals surface area contributed by atoms with Crippen molar-refractivity contribution < 1.29 is 9.53 Å². The highest BCUT2D eigenvalue weighted by Gasteiger charge is 2.22. The highest BCUT2D eigenvalue weighted by Crippen LogP contribution is 2.23. The third-order valence-electron chi connectivity index (χ3n) is 2.64. The molecule has 0 spiro atoms. The van der Waals surface area contributed by atoms with Crippen LogP contribution in [0, 0.1) is 11.3 Å². The molecule has 0 bridgehead atoms. The Morgan fingerprint density at radius 3 is 2.42 bits per heavy atom. The Morgan fingerprint density at radius 1 is 1.37 bits per heavy atom. The molecule has 4 nitrogen and oxygen atoms in total. The number of carbonyl (C=O) groups is 1. The zero-order valence-electron chi connectivity index (χ0n) is 11.9. The summed E-state index contributed by atoms with van der Waals surface area (Å²) in [6.07, 6.45) is 0.00650. The van der Waals surface area contributed by atoms with Crippen LogP contribution in [0.4, 0.5) is 0 Å². The molecule has 1 N–H and O–H groups in total. The SMILES string of the molecule is CC(C)Oc1ccc(C(C)(C)NC(=O)CC#N)cc1. The lowest BCUT2D eigenvalue weighted by atomic mass is 9.94. The predicted molar refractivity (Wildman–Crippen MR) is 73.6 cm³/mol. The Labute approximate surface area is 114 Å². The Balaban J connectivity index is 2.78. The van der Waals surface area contributed by atoms with Gasteiger partial charge in [-0.25, -0.2) is 0 Å². The lowest BCUT2D eigenvalue weighted by Gasteiger charge is -2.26. The summed E-state index contributed by atoms with van der Waals surface area (Å²) in [6, 6.07) is 9.45. The van der Waals surface area contributed by atoms with E-state index < -0.39 is 5.54 Å². The monoisotopic (exact) mass is 260 g/mol. The van der Waals surface area contributed by atoms with Crippen LogP contribution in [0.5, 0.6) is 5.75 Å². The quantitative estimate of drug-likeness (QED) is 0.885. The molecule has 0 atom stereocenters. The van der Waals surface area contributed by atoms with Crippen molar-refractivity contribution in [1.29, 1.82) is 5.26 Å². The molecule has 0 aromatic heterocycles. The number of hydrogen-bond acceptors (Lipinski definition) is 3. The number of ether oxygens (including phenoxy) is 1. The van der Waals surface area contributed by atoms with E-state index in [2.05, 4.69) is 5.32 Å². The van der Waals surface area contributed by atoms with Gasteiger partial charge in [0.1, 0.15) is 12.2 Å². The number of nitriles is 1. The first-order valence-corrected chi connectivity index (χ1v) is 6.30.